The maximum absolute atomic E-state index is 6.14. The monoisotopic (exact) mass is 489 g/mol. The molecule has 2 aliphatic rings. The van der Waals surface area contributed by atoms with E-state index in [4.69, 9.17) is 10.7 Å². The van der Waals surface area contributed by atoms with Gasteiger partial charge in [0.05, 0.1) is 6.54 Å². The fourth-order valence-corrected chi connectivity index (χ4v) is 4.88. The molecule has 0 aromatic carbocycles. The Labute approximate surface area is 179 Å². The second-order valence-corrected chi connectivity index (χ2v) is 8.31. The molecule has 0 radical (unpaired) electrons. The quantitative estimate of drug-likeness (QED) is 0.366. The van der Waals surface area contributed by atoms with Crippen molar-refractivity contribution in [2.75, 3.05) is 37.7 Å². The van der Waals surface area contributed by atoms with Crippen molar-refractivity contribution in [1.82, 2.24) is 15.2 Å². The van der Waals surface area contributed by atoms with Gasteiger partial charge in [0.2, 0.25) is 0 Å². The molecular formula is C19H32IN5S. The Morgan fingerprint density at radius 1 is 1.23 bits per heavy atom. The molecule has 3 N–H and O–H groups in total. The number of hydrogen-bond acceptors (Lipinski definition) is 4. The molecule has 1 aliphatic carbocycles. The zero-order chi connectivity index (χ0) is 17.4. The summed E-state index contributed by atoms with van der Waals surface area (Å²) in [5.41, 5.74) is 7.46. The third kappa shape index (κ3) is 6.27. The average Bonchev–Trinajstić information content (AvgIpc) is 2.69. The van der Waals surface area contributed by atoms with Gasteiger partial charge in [-0.25, -0.2) is 0 Å². The van der Waals surface area contributed by atoms with Gasteiger partial charge < -0.3 is 11.1 Å². The van der Waals surface area contributed by atoms with E-state index in [-0.39, 0.29) is 29.5 Å². The maximum Gasteiger partial charge on any atom is 0.188 e. The first-order valence-corrected chi connectivity index (χ1v) is 10.7. The number of rotatable bonds is 6. The van der Waals surface area contributed by atoms with Crippen LogP contribution in [0.25, 0.3) is 0 Å². The fourth-order valence-electron chi connectivity index (χ4n) is 3.97. The van der Waals surface area contributed by atoms with Crippen LogP contribution in [0, 0.1) is 0 Å². The molecule has 1 aromatic rings. The molecule has 0 bridgehead atoms. The van der Waals surface area contributed by atoms with Crippen molar-refractivity contribution >= 4 is 41.7 Å². The van der Waals surface area contributed by atoms with Gasteiger partial charge in [0.1, 0.15) is 0 Å². The minimum Gasteiger partial charge on any atom is -0.370 e. The average molecular weight is 489 g/mol. The molecule has 0 spiro atoms. The second-order valence-electron chi connectivity index (χ2n) is 7.08. The van der Waals surface area contributed by atoms with E-state index in [0.717, 1.165) is 25.2 Å². The van der Waals surface area contributed by atoms with Crippen molar-refractivity contribution in [2.45, 2.75) is 44.1 Å². The van der Waals surface area contributed by atoms with Crippen LogP contribution in [0.3, 0.4) is 0 Å². The van der Waals surface area contributed by atoms with E-state index < -0.39 is 0 Å². The summed E-state index contributed by atoms with van der Waals surface area (Å²) in [7, 11) is 0. The number of hydrogen-bond donors (Lipinski definition) is 2. The number of thioether (sulfide) groups is 1. The lowest BCUT2D eigenvalue weighted by Crippen LogP contribution is -2.55. The molecular weight excluding hydrogens is 457 g/mol. The molecule has 5 nitrogen and oxygen atoms in total. The zero-order valence-electron chi connectivity index (χ0n) is 15.5. The van der Waals surface area contributed by atoms with Gasteiger partial charge in [-0.2, -0.15) is 11.8 Å². The molecule has 26 heavy (non-hydrogen) atoms. The van der Waals surface area contributed by atoms with Crippen molar-refractivity contribution in [2.24, 2.45) is 10.7 Å². The summed E-state index contributed by atoms with van der Waals surface area (Å²) in [6, 6.07) is 6.00. The number of halogens is 1. The Balaban J connectivity index is 0.00000243. The zero-order valence-corrected chi connectivity index (χ0v) is 18.7. The lowest BCUT2D eigenvalue weighted by atomic mass is 9.80. The Bertz CT molecular complexity index is 542. The molecule has 2 fully saturated rings. The number of aliphatic imine (C=N–C) groups is 1. The largest absolute Gasteiger partial charge is 0.370 e. The van der Waals surface area contributed by atoms with Crippen LogP contribution in [0.1, 0.15) is 37.8 Å². The Morgan fingerprint density at radius 2 is 2.00 bits per heavy atom. The van der Waals surface area contributed by atoms with Crippen molar-refractivity contribution in [1.29, 1.82) is 0 Å². The number of aromatic nitrogens is 1. The predicted molar refractivity (Wildman–Crippen MR) is 123 cm³/mol. The summed E-state index contributed by atoms with van der Waals surface area (Å²) in [5.74, 6) is 3.08. The number of guanidine groups is 1. The minimum atomic E-state index is 0. The highest BCUT2D eigenvalue weighted by atomic mass is 127. The Kier molecular flexibility index (Phi) is 9.49. The molecule has 2 heterocycles. The van der Waals surface area contributed by atoms with Gasteiger partial charge in [0, 0.05) is 55.0 Å². The van der Waals surface area contributed by atoms with Gasteiger partial charge in [0.15, 0.2) is 5.96 Å². The minimum absolute atomic E-state index is 0. The lowest BCUT2D eigenvalue weighted by molar-refractivity contribution is 0.0672. The van der Waals surface area contributed by atoms with Gasteiger partial charge in [-0.05, 0) is 25.0 Å². The van der Waals surface area contributed by atoms with E-state index in [9.17, 15) is 0 Å². The second kappa shape index (κ2) is 11.3. The summed E-state index contributed by atoms with van der Waals surface area (Å²) in [4.78, 5) is 11.8. The molecule has 1 aliphatic heterocycles. The lowest BCUT2D eigenvalue weighted by Gasteiger charge is -2.47. The van der Waals surface area contributed by atoms with Crippen LogP contribution in [0.2, 0.25) is 0 Å². The fraction of sp³-hybridized carbons (Fsp3) is 0.684. The molecule has 1 aromatic heterocycles. The molecule has 0 unspecified atom stereocenters. The van der Waals surface area contributed by atoms with E-state index in [1.54, 1.807) is 0 Å². The highest BCUT2D eigenvalue weighted by Gasteiger charge is 2.38. The number of nitrogens with zero attached hydrogens (tertiary/aromatic N) is 3. The van der Waals surface area contributed by atoms with Gasteiger partial charge in [0.25, 0.3) is 0 Å². The molecule has 0 amide bonds. The molecule has 7 heteroatoms. The van der Waals surface area contributed by atoms with Crippen molar-refractivity contribution in [3.8, 4) is 0 Å². The van der Waals surface area contributed by atoms with Crippen LogP contribution in [0.4, 0.5) is 0 Å². The van der Waals surface area contributed by atoms with E-state index in [0.29, 0.717) is 5.96 Å². The topological polar surface area (TPSA) is 66.5 Å². The molecule has 1 saturated heterocycles. The van der Waals surface area contributed by atoms with E-state index in [1.165, 1.54) is 56.7 Å². The van der Waals surface area contributed by atoms with Crippen LogP contribution < -0.4 is 11.1 Å². The Hall–Kier alpha value is -0.540. The molecule has 0 atom stereocenters. The first-order chi connectivity index (χ1) is 12.3. The van der Waals surface area contributed by atoms with Gasteiger partial charge in [-0.1, -0.05) is 25.3 Å². The summed E-state index contributed by atoms with van der Waals surface area (Å²) in [6.45, 7) is 4.01. The van der Waals surface area contributed by atoms with Gasteiger partial charge in [-0.15, -0.1) is 24.0 Å². The van der Waals surface area contributed by atoms with Crippen molar-refractivity contribution < 1.29 is 0 Å². The van der Waals surface area contributed by atoms with Crippen molar-refractivity contribution in [3.05, 3.63) is 30.1 Å². The first kappa shape index (κ1) is 21.8. The molecule has 1 saturated carbocycles. The maximum atomic E-state index is 6.14. The third-order valence-corrected chi connectivity index (χ3v) is 6.37. The van der Waals surface area contributed by atoms with Gasteiger partial charge >= 0.3 is 0 Å². The normalized spacial score (nSPS) is 21.0. The standard InChI is InChI=1S/C19H31N5S.HI/c20-18(22-11-7-17-6-2-5-10-21-17)23-16-19(8-3-1-4-9-19)24-12-14-25-15-13-24;/h2,5-6,10H,1,3-4,7-9,11-16H2,(H3,20,22,23);1H. The van der Waals surface area contributed by atoms with Crippen LogP contribution in [-0.4, -0.2) is 59.1 Å². The van der Waals surface area contributed by atoms with Crippen LogP contribution in [0.5, 0.6) is 0 Å². The van der Waals surface area contributed by atoms with E-state index >= 15 is 0 Å². The third-order valence-electron chi connectivity index (χ3n) is 5.42. The first-order valence-electron chi connectivity index (χ1n) is 9.55. The summed E-state index contributed by atoms with van der Waals surface area (Å²) >= 11 is 2.07. The molecule has 146 valence electrons. The smallest absolute Gasteiger partial charge is 0.188 e. The van der Waals surface area contributed by atoms with E-state index in [1.807, 2.05) is 24.4 Å². The summed E-state index contributed by atoms with van der Waals surface area (Å²) in [5, 5.41) is 3.26. The molecule has 3 rings (SSSR count). The SMILES string of the molecule is I.NC(=NCC1(N2CCSCC2)CCCCC1)NCCc1ccccn1. The van der Waals surface area contributed by atoms with Gasteiger partial charge in [-0.3, -0.25) is 14.9 Å². The number of nitrogens with two attached hydrogens (primary N) is 1. The Morgan fingerprint density at radius 3 is 2.69 bits per heavy atom. The van der Waals surface area contributed by atoms with Crippen LogP contribution in [0.15, 0.2) is 29.4 Å². The number of pyridine rings is 1. The van der Waals surface area contributed by atoms with Crippen LogP contribution in [-0.2, 0) is 6.42 Å². The van der Waals surface area contributed by atoms with Crippen molar-refractivity contribution in [3.63, 3.8) is 0 Å². The highest BCUT2D eigenvalue weighted by Crippen LogP contribution is 2.35. The van der Waals surface area contributed by atoms with Crippen LogP contribution >= 0.6 is 35.7 Å². The van der Waals surface area contributed by atoms with E-state index in [2.05, 4.69) is 27.0 Å². The highest BCUT2D eigenvalue weighted by molar-refractivity contribution is 14.0. The summed E-state index contributed by atoms with van der Waals surface area (Å²) < 4.78 is 0. The predicted octanol–water partition coefficient (Wildman–Crippen LogP) is 2.90. The number of nitrogens with one attached hydrogen (secondary N) is 1. The summed E-state index contributed by atoms with van der Waals surface area (Å²) in [6.07, 6.45) is 9.25.